The molecule has 2 atom stereocenters. The van der Waals surface area contributed by atoms with Crippen LogP contribution in [0.1, 0.15) is 29.5 Å². The summed E-state index contributed by atoms with van der Waals surface area (Å²) >= 11 is 0. The summed E-state index contributed by atoms with van der Waals surface area (Å²) in [7, 11) is 0. The Morgan fingerprint density at radius 2 is 1.91 bits per heavy atom. The fraction of sp³-hybridized carbons (Fsp3) is 0.278. The van der Waals surface area contributed by atoms with E-state index in [1.54, 1.807) is 0 Å². The summed E-state index contributed by atoms with van der Waals surface area (Å²) in [5.74, 6) is 1.05. The average Bonchev–Trinajstić information content (AvgIpc) is 2.59. The van der Waals surface area contributed by atoms with Crippen LogP contribution in [-0.4, -0.2) is 19.1 Å². The van der Waals surface area contributed by atoms with Crippen LogP contribution in [0.3, 0.4) is 0 Å². The van der Waals surface area contributed by atoms with Crippen molar-refractivity contribution in [3.8, 4) is 5.75 Å². The Kier molecular flexibility index (Phi) is 4.39. The van der Waals surface area contributed by atoms with Crippen LogP contribution >= 0.6 is 0 Å². The maximum atomic E-state index is 12.2. The number of benzene rings is 2. The normalized spacial score (nSPS) is 18.0. The van der Waals surface area contributed by atoms with Crippen LogP contribution in [0.25, 0.3) is 0 Å². The van der Waals surface area contributed by atoms with Gasteiger partial charge in [-0.25, -0.2) is 0 Å². The maximum absolute atomic E-state index is 12.2. The molecule has 0 bridgehead atoms. The lowest BCUT2D eigenvalue weighted by atomic mass is 9.93. The van der Waals surface area contributed by atoms with Gasteiger partial charge in [-0.2, -0.15) is 0 Å². The number of carbonyl (C=O) groups is 1. The molecule has 0 fully saturated rings. The van der Waals surface area contributed by atoms with Crippen molar-refractivity contribution in [2.75, 3.05) is 13.2 Å². The lowest BCUT2D eigenvalue weighted by Gasteiger charge is -2.26. The van der Waals surface area contributed by atoms with Gasteiger partial charge in [-0.1, -0.05) is 48.5 Å². The predicted molar refractivity (Wildman–Crippen MR) is 85.7 cm³/mol. The zero-order valence-electron chi connectivity index (χ0n) is 12.4. The molecule has 2 aromatic rings. The third-order valence-corrected chi connectivity index (χ3v) is 4.05. The molecule has 22 heavy (non-hydrogen) atoms. The van der Waals surface area contributed by atoms with Crippen LogP contribution in [0.2, 0.25) is 0 Å². The summed E-state index contributed by atoms with van der Waals surface area (Å²) in [6.45, 7) is 1.27. The van der Waals surface area contributed by atoms with Gasteiger partial charge in [0.05, 0.1) is 6.61 Å². The summed E-state index contributed by atoms with van der Waals surface area (Å²) < 4.78 is 5.64. The second-order valence-electron chi connectivity index (χ2n) is 5.51. The van der Waals surface area contributed by atoms with E-state index in [0.717, 1.165) is 23.3 Å². The van der Waals surface area contributed by atoms with E-state index in [9.17, 15) is 4.79 Å². The van der Waals surface area contributed by atoms with Gasteiger partial charge in [-0.15, -0.1) is 0 Å². The van der Waals surface area contributed by atoms with Crippen molar-refractivity contribution in [3.63, 3.8) is 0 Å². The molecule has 3 N–H and O–H groups in total. The van der Waals surface area contributed by atoms with Gasteiger partial charge < -0.3 is 15.8 Å². The minimum atomic E-state index is -0.628. The molecule has 0 saturated carbocycles. The molecule has 4 nitrogen and oxygen atoms in total. The molecule has 1 heterocycles. The molecule has 0 spiro atoms. The number of rotatable bonds is 4. The summed E-state index contributed by atoms with van der Waals surface area (Å²) in [5, 5.41) is 2.97. The van der Waals surface area contributed by atoms with E-state index < -0.39 is 6.04 Å². The standard InChI is InChI=1S/C18H20N2O2/c19-17(13-6-2-1-3-7-13)18(21)20-12-14-10-11-22-16-9-5-4-8-15(14)16/h1-9,14,17H,10-12,19H2,(H,20,21). The number of carbonyl (C=O) groups excluding carboxylic acids is 1. The molecule has 3 rings (SSSR count). The Morgan fingerprint density at radius 1 is 1.18 bits per heavy atom. The molecule has 4 heteroatoms. The van der Waals surface area contributed by atoms with Crippen molar-refractivity contribution < 1.29 is 9.53 Å². The summed E-state index contributed by atoms with van der Waals surface area (Å²) in [6, 6.07) is 16.8. The van der Waals surface area contributed by atoms with Crippen LogP contribution in [0.15, 0.2) is 54.6 Å². The highest BCUT2D eigenvalue weighted by molar-refractivity contribution is 5.82. The van der Waals surface area contributed by atoms with E-state index in [1.165, 1.54) is 0 Å². The average molecular weight is 296 g/mol. The van der Waals surface area contributed by atoms with Gasteiger partial charge in [0.1, 0.15) is 11.8 Å². The van der Waals surface area contributed by atoms with Gasteiger partial charge in [0.25, 0.3) is 0 Å². The number of para-hydroxylation sites is 1. The number of hydrogen-bond donors (Lipinski definition) is 2. The van der Waals surface area contributed by atoms with E-state index in [4.69, 9.17) is 10.5 Å². The van der Waals surface area contributed by atoms with Gasteiger partial charge in [-0.05, 0) is 23.6 Å². The molecule has 1 aliphatic heterocycles. The van der Waals surface area contributed by atoms with Gasteiger partial charge in [-0.3, -0.25) is 4.79 Å². The number of nitrogens with one attached hydrogen (secondary N) is 1. The summed E-state index contributed by atoms with van der Waals surface area (Å²) in [5.41, 5.74) is 7.99. The first kappa shape index (κ1) is 14.6. The SMILES string of the molecule is NC(C(=O)NCC1CCOc2ccccc21)c1ccccc1. The highest BCUT2D eigenvalue weighted by atomic mass is 16.5. The Labute approximate surface area is 130 Å². The fourth-order valence-corrected chi connectivity index (χ4v) is 2.77. The number of ether oxygens (including phenoxy) is 1. The van der Waals surface area contributed by atoms with Crippen molar-refractivity contribution in [2.24, 2.45) is 5.73 Å². The summed E-state index contributed by atoms with van der Waals surface area (Å²) in [4.78, 5) is 12.2. The van der Waals surface area contributed by atoms with Crippen LogP contribution in [0, 0.1) is 0 Å². The highest BCUT2D eigenvalue weighted by Crippen LogP contribution is 2.32. The highest BCUT2D eigenvalue weighted by Gasteiger charge is 2.23. The van der Waals surface area contributed by atoms with Gasteiger partial charge >= 0.3 is 0 Å². The Hall–Kier alpha value is -2.33. The molecule has 0 radical (unpaired) electrons. The predicted octanol–water partition coefficient (Wildman–Crippen LogP) is 2.37. The van der Waals surface area contributed by atoms with E-state index in [-0.39, 0.29) is 11.8 Å². The lowest BCUT2D eigenvalue weighted by molar-refractivity contribution is -0.122. The molecule has 0 aromatic heterocycles. The largest absolute Gasteiger partial charge is 0.493 e. The van der Waals surface area contributed by atoms with Gasteiger partial charge in [0.15, 0.2) is 0 Å². The molecule has 0 saturated heterocycles. The second kappa shape index (κ2) is 6.62. The first-order valence-corrected chi connectivity index (χ1v) is 7.55. The molecular weight excluding hydrogens is 276 g/mol. The van der Waals surface area contributed by atoms with Crippen molar-refractivity contribution in [1.29, 1.82) is 0 Å². The Bertz CT molecular complexity index is 643. The van der Waals surface area contributed by atoms with Gasteiger partial charge in [0.2, 0.25) is 5.91 Å². The molecule has 1 amide bonds. The second-order valence-corrected chi connectivity index (χ2v) is 5.51. The third kappa shape index (κ3) is 3.12. The zero-order valence-corrected chi connectivity index (χ0v) is 12.4. The number of amides is 1. The van der Waals surface area contributed by atoms with Crippen LogP contribution in [-0.2, 0) is 4.79 Å². The van der Waals surface area contributed by atoms with Crippen molar-refractivity contribution >= 4 is 5.91 Å². The summed E-state index contributed by atoms with van der Waals surface area (Å²) in [6.07, 6.45) is 0.901. The quantitative estimate of drug-likeness (QED) is 0.910. The molecule has 114 valence electrons. The van der Waals surface area contributed by atoms with Gasteiger partial charge in [0, 0.05) is 12.5 Å². The minimum Gasteiger partial charge on any atom is -0.493 e. The smallest absolute Gasteiger partial charge is 0.241 e. The lowest BCUT2D eigenvalue weighted by Crippen LogP contribution is -2.37. The molecular formula is C18H20N2O2. The topological polar surface area (TPSA) is 64.4 Å². The Morgan fingerprint density at radius 3 is 2.73 bits per heavy atom. The number of nitrogens with two attached hydrogens (primary N) is 1. The third-order valence-electron chi connectivity index (χ3n) is 4.05. The fourth-order valence-electron chi connectivity index (χ4n) is 2.77. The number of hydrogen-bond acceptors (Lipinski definition) is 3. The minimum absolute atomic E-state index is 0.143. The van der Waals surface area contributed by atoms with E-state index in [2.05, 4.69) is 11.4 Å². The molecule has 1 aliphatic rings. The first-order chi connectivity index (χ1) is 10.8. The number of fused-ring (bicyclic) bond motifs is 1. The molecule has 2 aromatic carbocycles. The van der Waals surface area contributed by atoms with E-state index in [1.807, 2.05) is 48.5 Å². The van der Waals surface area contributed by atoms with Crippen LogP contribution in [0.5, 0.6) is 5.75 Å². The van der Waals surface area contributed by atoms with Crippen LogP contribution < -0.4 is 15.8 Å². The maximum Gasteiger partial charge on any atom is 0.241 e. The Balaban J connectivity index is 1.62. The molecule has 2 unspecified atom stereocenters. The van der Waals surface area contributed by atoms with Crippen molar-refractivity contribution in [1.82, 2.24) is 5.32 Å². The zero-order chi connectivity index (χ0) is 15.4. The van der Waals surface area contributed by atoms with Crippen molar-refractivity contribution in [2.45, 2.75) is 18.4 Å². The van der Waals surface area contributed by atoms with Crippen molar-refractivity contribution in [3.05, 3.63) is 65.7 Å². The van der Waals surface area contributed by atoms with Crippen LogP contribution in [0.4, 0.5) is 0 Å². The van der Waals surface area contributed by atoms with E-state index in [0.29, 0.717) is 13.2 Å². The monoisotopic (exact) mass is 296 g/mol. The first-order valence-electron chi connectivity index (χ1n) is 7.55. The van der Waals surface area contributed by atoms with E-state index >= 15 is 0 Å². The molecule has 0 aliphatic carbocycles.